The molecule has 2 rings (SSSR count). The van der Waals surface area contributed by atoms with Crippen LogP contribution < -0.4 is 11.1 Å². The van der Waals surface area contributed by atoms with Crippen LogP contribution in [0, 0.1) is 11.3 Å². The zero-order chi connectivity index (χ0) is 15.1. The Kier molecular flexibility index (Phi) is 6.49. The van der Waals surface area contributed by atoms with Gasteiger partial charge in [-0.2, -0.15) is 0 Å². The fourth-order valence-electron chi connectivity index (χ4n) is 3.86. The van der Waals surface area contributed by atoms with E-state index in [-0.39, 0.29) is 11.3 Å². The van der Waals surface area contributed by atoms with Gasteiger partial charge in [0.05, 0.1) is 5.41 Å². The molecule has 0 aromatic rings. The largest absolute Gasteiger partial charge is 0.356 e. The van der Waals surface area contributed by atoms with Crippen LogP contribution in [-0.4, -0.2) is 44.0 Å². The maximum absolute atomic E-state index is 12.6. The van der Waals surface area contributed by atoms with Gasteiger partial charge in [-0.15, -0.1) is 0 Å². The second kappa shape index (κ2) is 8.14. The van der Waals surface area contributed by atoms with Crippen LogP contribution in [0.5, 0.6) is 0 Å². The smallest absolute Gasteiger partial charge is 0.227 e. The third-order valence-corrected chi connectivity index (χ3v) is 5.61. The maximum Gasteiger partial charge on any atom is 0.227 e. The molecule has 0 atom stereocenters. The average Bonchev–Trinajstić information content (AvgIpc) is 2.75. The SMILES string of the molecule is CN1CCC(CCNC(=O)C2(CN)CCCCCC2)CC1. The van der Waals surface area contributed by atoms with Crippen LogP contribution >= 0.6 is 0 Å². The van der Waals surface area contributed by atoms with Crippen molar-refractivity contribution < 1.29 is 4.79 Å². The number of carbonyl (C=O) groups excluding carboxylic acids is 1. The molecular weight excluding hydrogens is 262 g/mol. The van der Waals surface area contributed by atoms with Gasteiger partial charge in [-0.1, -0.05) is 25.7 Å². The number of nitrogens with two attached hydrogens (primary N) is 1. The summed E-state index contributed by atoms with van der Waals surface area (Å²) in [5.41, 5.74) is 5.70. The second-order valence-corrected chi connectivity index (χ2v) is 7.19. The summed E-state index contributed by atoms with van der Waals surface area (Å²) in [6.45, 7) is 3.73. The molecule has 0 aromatic carbocycles. The fourth-order valence-corrected chi connectivity index (χ4v) is 3.86. The zero-order valence-corrected chi connectivity index (χ0v) is 13.7. The van der Waals surface area contributed by atoms with Crippen LogP contribution in [0.15, 0.2) is 0 Å². The lowest BCUT2D eigenvalue weighted by Gasteiger charge is -2.31. The Morgan fingerprint density at radius 1 is 1.19 bits per heavy atom. The van der Waals surface area contributed by atoms with E-state index in [1.165, 1.54) is 38.8 Å². The molecule has 1 heterocycles. The first kappa shape index (κ1) is 16.8. The quantitative estimate of drug-likeness (QED) is 0.764. The third-order valence-electron chi connectivity index (χ3n) is 5.61. The average molecular weight is 295 g/mol. The molecule has 1 amide bonds. The van der Waals surface area contributed by atoms with E-state index < -0.39 is 0 Å². The van der Waals surface area contributed by atoms with Crippen LogP contribution in [0.1, 0.15) is 57.8 Å². The van der Waals surface area contributed by atoms with Gasteiger partial charge < -0.3 is 16.0 Å². The summed E-state index contributed by atoms with van der Waals surface area (Å²) in [5, 5.41) is 3.20. The van der Waals surface area contributed by atoms with Crippen LogP contribution in [0.4, 0.5) is 0 Å². The van der Waals surface area contributed by atoms with Crippen LogP contribution in [0.25, 0.3) is 0 Å². The molecule has 0 bridgehead atoms. The fraction of sp³-hybridized carbons (Fsp3) is 0.941. The van der Waals surface area contributed by atoms with E-state index in [1.54, 1.807) is 0 Å². The predicted molar refractivity (Wildman–Crippen MR) is 87.0 cm³/mol. The van der Waals surface area contributed by atoms with E-state index >= 15 is 0 Å². The third kappa shape index (κ3) is 4.68. The molecule has 1 saturated heterocycles. The molecular formula is C17H33N3O. The summed E-state index contributed by atoms with van der Waals surface area (Å²) >= 11 is 0. The Bertz CT molecular complexity index is 316. The van der Waals surface area contributed by atoms with Gasteiger partial charge in [-0.25, -0.2) is 0 Å². The molecule has 1 aliphatic carbocycles. The Morgan fingerprint density at radius 2 is 1.81 bits per heavy atom. The number of rotatable bonds is 5. The highest BCUT2D eigenvalue weighted by molar-refractivity contribution is 5.82. The number of hydrogen-bond acceptors (Lipinski definition) is 3. The molecule has 4 nitrogen and oxygen atoms in total. The van der Waals surface area contributed by atoms with Gasteiger partial charge in [0.25, 0.3) is 0 Å². The molecule has 1 saturated carbocycles. The first-order valence-electron chi connectivity index (χ1n) is 8.83. The van der Waals surface area contributed by atoms with E-state index in [0.717, 1.165) is 44.6 Å². The Morgan fingerprint density at radius 3 is 2.38 bits per heavy atom. The lowest BCUT2D eigenvalue weighted by Crippen LogP contribution is -2.46. The minimum Gasteiger partial charge on any atom is -0.356 e. The number of likely N-dealkylation sites (tertiary alicyclic amines) is 1. The van der Waals surface area contributed by atoms with Gasteiger partial charge in [0, 0.05) is 13.1 Å². The minimum atomic E-state index is -0.275. The topological polar surface area (TPSA) is 58.4 Å². The molecule has 0 unspecified atom stereocenters. The first-order chi connectivity index (χ1) is 10.2. The Labute approximate surface area is 129 Å². The molecule has 4 heteroatoms. The van der Waals surface area contributed by atoms with E-state index in [2.05, 4.69) is 17.3 Å². The molecule has 21 heavy (non-hydrogen) atoms. The van der Waals surface area contributed by atoms with Gasteiger partial charge in [0.2, 0.25) is 5.91 Å². The molecule has 2 aliphatic rings. The second-order valence-electron chi connectivity index (χ2n) is 7.19. The van der Waals surface area contributed by atoms with Gasteiger partial charge >= 0.3 is 0 Å². The van der Waals surface area contributed by atoms with Crippen molar-refractivity contribution in [1.29, 1.82) is 0 Å². The van der Waals surface area contributed by atoms with Crippen molar-refractivity contribution in [2.24, 2.45) is 17.1 Å². The van der Waals surface area contributed by atoms with Crippen molar-refractivity contribution in [3.05, 3.63) is 0 Å². The summed E-state index contributed by atoms with van der Waals surface area (Å²) < 4.78 is 0. The van der Waals surface area contributed by atoms with E-state index in [4.69, 9.17) is 5.73 Å². The van der Waals surface area contributed by atoms with Crippen molar-refractivity contribution in [2.75, 3.05) is 33.2 Å². The molecule has 1 aliphatic heterocycles. The van der Waals surface area contributed by atoms with Gasteiger partial charge in [-0.3, -0.25) is 4.79 Å². The number of nitrogens with zero attached hydrogens (tertiary/aromatic N) is 1. The van der Waals surface area contributed by atoms with Crippen molar-refractivity contribution in [2.45, 2.75) is 57.8 Å². The number of piperidine rings is 1. The lowest BCUT2D eigenvalue weighted by atomic mass is 9.79. The maximum atomic E-state index is 12.6. The standard InChI is InChI=1S/C17H33N3O/c1-20-12-7-15(8-13-20)6-11-19-16(21)17(14-18)9-4-2-3-5-10-17/h15H,2-14,18H2,1H3,(H,19,21). The Balaban J connectivity index is 1.74. The molecule has 2 fully saturated rings. The number of carbonyl (C=O) groups is 1. The monoisotopic (exact) mass is 295 g/mol. The number of nitrogens with one attached hydrogen (secondary N) is 1. The number of amides is 1. The highest BCUT2D eigenvalue weighted by atomic mass is 16.2. The zero-order valence-electron chi connectivity index (χ0n) is 13.7. The van der Waals surface area contributed by atoms with Gasteiger partial charge in [0.15, 0.2) is 0 Å². The summed E-state index contributed by atoms with van der Waals surface area (Å²) in [5.74, 6) is 1.00. The first-order valence-corrected chi connectivity index (χ1v) is 8.83. The summed E-state index contributed by atoms with van der Waals surface area (Å²) in [6, 6.07) is 0. The normalized spacial score (nSPS) is 24.5. The molecule has 0 spiro atoms. The van der Waals surface area contributed by atoms with Crippen molar-refractivity contribution >= 4 is 5.91 Å². The molecule has 0 radical (unpaired) electrons. The van der Waals surface area contributed by atoms with E-state index in [0.29, 0.717) is 6.54 Å². The van der Waals surface area contributed by atoms with Gasteiger partial charge in [-0.05, 0) is 58.2 Å². The molecule has 0 aromatic heterocycles. The van der Waals surface area contributed by atoms with Crippen molar-refractivity contribution in [1.82, 2.24) is 10.2 Å². The number of hydrogen-bond donors (Lipinski definition) is 2. The summed E-state index contributed by atoms with van der Waals surface area (Å²) in [4.78, 5) is 15.0. The Hall–Kier alpha value is -0.610. The predicted octanol–water partition coefficient (Wildman–Crippen LogP) is 2.13. The van der Waals surface area contributed by atoms with Crippen LogP contribution in [0.3, 0.4) is 0 Å². The van der Waals surface area contributed by atoms with Gasteiger partial charge in [0.1, 0.15) is 0 Å². The van der Waals surface area contributed by atoms with Crippen molar-refractivity contribution in [3.8, 4) is 0 Å². The molecule has 122 valence electrons. The molecule has 3 N–H and O–H groups in total. The van der Waals surface area contributed by atoms with Crippen molar-refractivity contribution in [3.63, 3.8) is 0 Å². The van der Waals surface area contributed by atoms with Crippen LogP contribution in [0.2, 0.25) is 0 Å². The van der Waals surface area contributed by atoms with E-state index in [9.17, 15) is 4.79 Å². The summed E-state index contributed by atoms with van der Waals surface area (Å²) in [7, 11) is 2.19. The van der Waals surface area contributed by atoms with Crippen LogP contribution in [-0.2, 0) is 4.79 Å². The highest BCUT2D eigenvalue weighted by Crippen LogP contribution is 2.34. The van der Waals surface area contributed by atoms with E-state index in [1.807, 2.05) is 0 Å². The highest BCUT2D eigenvalue weighted by Gasteiger charge is 2.36. The summed E-state index contributed by atoms with van der Waals surface area (Å²) in [6.07, 6.45) is 10.4. The minimum absolute atomic E-state index is 0.222. The lowest BCUT2D eigenvalue weighted by molar-refractivity contribution is -0.131.